The molecule has 0 aliphatic carbocycles. The van der Waals surface area contributed by atoms with Crippen molar-refractivity contribution in [2.45, 2.75) is 19.3 Å². The number of hydrogen-bond acceptors (Lipinski definition) is 3. The molecule has 0 radical (unpaired) electrons. The van der Waals surface area contributed by atoms with Gasteiger partial charge in [-0.15, -0.1) is 0 Å². The molecule has 94 valence electrons. The van der Waals surface area contributed by atoms with E-state index in [-0.39, 0.29) is 5.82 Å². The predicted octanol–water partition coefficient (Wildman–Crippen LogP) is 2.12. The van der Waals surface area contributed by atoms with Crippen LogP contribution in [-0.2, 0) is 6.42 Å². The van der Waals surface area contributed by atoms with Gasteiger partial charge in [-0.1, -0.05) is 0 Å². The second-order valence-electron chi connectivity index (χ2n) is 4.37. The Labute approximate surface area is 101 Å². The van der Waals surface area contributed by atoms with E-state index < -0.39 is 0 Å². The van der Waals surface area contributed by atoms with Crippen molar-refractivity contribution in [3.8, 4) is 11.5 Å². The molecule has 2 rings (SSSR count). The quantitative estimate of drug-likeness (QED) is 0.875. The molecule has 1 aromatic rings. The van der Waals surface area contributed by atoms with E-state index in [0.29, 0.717) is 30.6 Å². The van der Waals surface area contributed by atoms with Crippen LogP contribution in [0.15, 0.2) is 12.1 Å². The Hall–Kier alpha value is -1.29. The van der Waals surface area contributed by atoms with Crippen LogP contribution in [0.3, 0.4) is 0 Å². The molecule has 3 nitrogen and oxygen atoms in total. The third-order valence-corrected chi connectivity index (χ3v) is 3.16. The molecular formula is C13H18FNO2. The molecular weight excluding hydrogens is 221 g/mol. The van der Waals surface area contributed by atoms with Crippen LogP contribution in [0.25, 0.3) is 0 Å². The number of ether oxygens (including phenoxy) is 2. The van der Waals surface area contributed by atoms with Gasteiger partial charge in [0.1, 0.15) is 5.75 Å². The zero-order chi connectivity index (χ0) is 12.3. The van der Waals surface area contributed by atoms with Crippen LogP contribution in [0.1, 0.15) is 18.4 Å². The maximum absolute atomic E-state index is 13.6. The van der Waals surface area contributed by atoms with E-state index in [4.69, 9.17) is 15.2 Å². The van der Waals surface area contributed by atoms with Crippen LogP contribution in [-0.4, -0.2) is 20.3 Å². The number of methoxy groups -OCH3 is 1. The van der Waals surface area contributed by atoms with E-state index in [1.807, 2.05) is 0 Å². The monoisotopic (exact) mass is 239 g/mol. The van der Waals surface area contributed by atoms with Crippen molar-refractivity contribution in [3.63, 3.8) is 0 Å². The molecule has 0 saturated carbocycles. The lowest BCUT2D eigenvalue weighted by molar-refractivity contribution is 0.200. The Morgan fingerprint density at radius 2 is 2.35 bits per heavy atom. The first kappa shape index (κ1) is 12.2. The zero-order valence-electron chi connectivity index (χ0n) is 10.0. The maximum atomic E-state index is 13.6. The number of rotatable bonds is 4. The van der Waals surface area contributed by atoms with E-state index in [1.165, 1.54) is 6.07 Å². The Morgan fingerprint density at radius 3 is 3.06 bits per heavy atom. The molecule has 0 aromatic heterocycles. The summed E-state index contributed by atoms with van der Waals surface area (Å²) in [6.45, 7) is 1.25. The largest absolute Gasteiger partial charge is 0.496 e. The average molecular weight is 239 g/mol. The summed E-state index contributed by atoms with van der Waals surface area (Å²) >= 11 is 0. The molecule has 1 unspecified atom stereocenters. The van der Waals surface area contributed by atoms with Crippen molar-refractivity contribution in [2.75, 3.05) is 20.3 Å². The molecule has 1 aliphatic heterocycles. The maximum Gasteiger partial charge on any atom is 0.165 e. The van der Waals surface area contributed by atoms with E-state index in [2.05, 4.69) is 0 Å². The smallest absolute Gasteiger partial charge is 0.165 e. The van der Waals surface area contributed by atoms with Crippen molar-refractivity contribution in [1.82, 2.24) is 0 Å². The van der Waals surface area contributed by atoms with Gasteiger partial charge in [-0.25, -0.2) is 4.39 Å². The van der Waals surface area contributed by atoms with Gasteiger partial charge in [-0.2, -0.15) is 0 Å². The van der Waals surface area contributed by atoms with Crippen LogP contribution < -0.4 is 15.2 Å². The molecule has 17 heavy (non-hydrogen) atoms. The molecule has 1 aromatic carbocycles. The van der Waals surface area contributed by atoms with Gasteiger partial charge >= 0.3 is 0 Å². The zero-order valence-corrected chi connectivity index (χ0v) is 10.0. The summed E-state index contributed by atoms with van der Waals surface area (Å²) in [5.41, 5.74) is 6.34. The number of halogens is 1. The normalized spacial score (nSPS) is 18.4. The van der Waals surface area contributed by atoms with Crippen LogP contribution in [0.2, 0.25) is 0 Å². The fourth-order valence-electron chi connectivity index (χ4n) is 2.26. The molecule has 1 aliphatic rings. The molecule has 0 bridgehead atoms. The lowest BCUT2D eigenvalue weighted by Gasteiger charge is -2.26. The lowest BCUT2D eigenvalue weighted by atomic mass is 9.92. The van der Waals surface area contributed by atoms with Crippen LogP contribution in [0.4, 0.5) is 4.39 Å². The highest BCUT2D eigenvalue weighted by molar-refractivity contribution is 5.47. The fraction of sp³-hybridized carbons (Fsp3) is 0.538. The minimum atomic E-state index is -0.307. The van der Waals surface area contributed by atoms with E-state index in [1.54, 1.807) is 13.2 Å². The van der Waals surface area contributed by atoms with Crippen molar-refractivity contribution < 1.29 is 13.9 Å². The van der Waals surface area contributed by atoms with Crippen molar-refractivity contribution in [3.05, 3.63) is 23.5 Å². The van der Waals surface area contributed by atoms with E-state index in [0.717, 1.165) is 24.8 Å². The highest BCUT2D eigenvalue weighted by Crippen LogP contribution is 2.37. The molecule has 2 N–H and O–H groups in total. The molecule has 0 amide bonds. The third-order valence-electron chi connectivity index (χ3n) is 3.16. The minimum absolute atomic E-state index is 0.307. The van der Waals surface area contributed by atoms with Crippen molar-refractivity contribution >= 4 is 0 Å². The Bertz CT molecular complexity index is 395. The number of fused-ring (bicyclic) bond motifs is 1. The number of nitrogens with two attached hydrogens (primary N) is 1. The molecule has 0 saturated heterocycles. The van der Waals surface area contributed by atoms with Gasteiger partial charge in [0.15, 0.2) is 11.6 Å². The standard InChI is InChI=1S/C13H18FNO2/c1-16-12-5-4-11(14)13-10(12)7-9(8-17-13)3-2-6-15/h4-5,9H,2-3,6-8,15H2,1H3. The van der Waals surface area contributed by atoms with Crippen LogP contribution >= 0.6 is 0 Å². The molecule has 0 fully saturated rings. The summed E-state index contributed by atoms with van der Waals surface area (Å²) in [6, 6.07) is 3.04. The second kappa shape index (κ2) is 5.36. The van der Waals surface area contributed by atoms with E-state index >= 15 is 0 Å². The highest BCUT2D eigenvalue weighted by Gasteiger charge is 2.25. The third kappa shape index (κ3) is 2.52. The Kier molecular flexibility index (Phi) is 3.84. The molecule has 1 heterocycles. The van der Waals surface area contributed by atoms with Gasteiger partial charge in [-0.05, 0) is 43.9 Å². The van der Waals surface area contributed by atoms with Crippen LogP contribution in [0.5, 0.6) is 11.5 Å². The summed E-state index contributed by atoms with van der Waals surface area (Å²) in [5.74, 6) is 1.16. The van der Waals surface area contributed by atoms with Gasteiger partial charge in [0, 0.05) is 5.56 Å². The predicted molar refractivity (Wildman–Crippen MR) is 63.9 cm³/mol. The summed E-state index contributed by atoms with van der Waals surface area (Å²) in [5, 5.41) is 0. The number of benzene rings is 1. The van der Waals surface area contributed by atoms with Gasteiger partial charge in [0.2, 0.25) is 0 Å². The molecule has 1 atom stereocenters. The Morgan fingerprint density at radius 1 is 1.53 bits per heavy atom. The Balaban J connectivity index is 2.20. The minimum Gasteiger partial charge on any atom is -0.496 e. The highest BCUT2D eigenvalue weighted by atomic mass is 19.1. The summed E-state index contributed by atoms with van der Waals surface area (Å²) in [6.07, 6.45) is 2.78. The van der Waals surface area contributed by atoms with Gasteiger partial charge in [0.05, 0.1) is 13.7 Å². The first-order chi connectivity index (χ1) is 8.26. The van der Waals surface area contributed by atoms with Crippen molar-refractivity contribution in [2.24, 2.45) is 11.7 Å². The summed E-state index contributed by atoms with van der Waals surface area (Å²) < 4.78 is 24.3. The second-order valence-corrected chi connectivity index (χ2v) is 4.37. The van der Waals surface area contributed by atoms with E-state index in [9.17, 15) is 4.39 Å². The fourth-order valence-corrected chi connectivity index (χ4v) is 2.26. The van der Waals surface area contributed by atoms with Gasteiger partial charge in [-0.3, -0.25) is 0 Å². The lowest BCUT2D eigenvalue weighted by Crippen LogP contribution is -2.23. The summed E-state index contributed by atoms with van der Waals surface area (Å²) in [7, 11) is 1.59. The first-order valence-electron chi connectivity index (χ1n) is 5.94. The van der Waals surface area contributed by atoms with Gasteiger partial charge in [0.25, 0.3) is 0 Å². The topological polar surface area (TPSA) is 44.5 Å². The van der Waals surface area contributed by atoms with Crippen molar-refractivity contribution in [1.29, 1.82) is 0 Å². The molecule has 0 spiro atoms. The molecule has 4 heteroatoms. The summed E-state index contributed by atoms with van der Waals surface area (Å²) in [4.78, 5) is 0. The SMILES string of the molecule is COc1ccc(F)c2c1CC(CCCN)CO2. The average Bonchev–Trinajstić information content (AvgIpc) is 2.37. The number of hydrogen-bond donors (Lipinski definition) is 1. The van der Waals surface area contributed by atoms with Crippen LogP contribution in [0, 0.1) is 11.7 Å². The van der Waals surface area contributed by atoms with Gasteiger partial charge < -0.3 is 15.2 Å². The first-order valence-corrected chi connectivity index (χ1v) is 5.94.